The van der Waals surface area contributed by atoms with Gasteiger partial charge in [-0.1, -0.05) is 12.1 Å². The van der Waals surface area contributed by atoms with Gasteiger partial charge >= 0.3 is 0 Å². The van der Waals surface area contributed by atoms with Crippen LogP contribution in [0.25, 0.3) is 0 Å². The van der Waals surface area contributed by atoms with E-state index >= 15 is 0 Å². The summed E-state index contributed by atoms with van der Waals surface area (Å²) in [6, 6.07) is 10.2. The topological polar surface area (TPSA) is 39.1 Å². The number of nitrogens with one attached hydrogen (secondary N) is 1. The first-order valence-corrected chi connectivity index (χ1v) is 6.10. The quantitative estimate of drug-likeness (QED) is 0.788. The van der Waals surface area contributed by atoms with Crippen molar-refractivity contribution in [3.63, 3.8) is 0 Å². The Morgan fingerprint density at radius 3 is 2.94 bits per heavy atom. The van der Waals surface area contributed by atoms with Crippen LogP contribution in [0.15, 0.2) is 36.5 Å². The fraction of sp³-hybridized carbons (Fsp3) is 0.357. The van der Waals surface area contributed by atoms with E-state index < -0.39 is 0 Å². The van der Waals surface area contributed by atoms with Gasteiger partial charge in [-0.25, -0.2) is 0 Å². The van der Waals surface area contributed by atoms with Crippen molar-refractivity contribution in [3.05, 3.63) is 47.8 Å². The molecule has 0 spiro atoms. The number of hydrogen-bond donors (Lipinski definition) is 1. The van der Waals surface area contributed by atoms with Crippen molar-refractivity contribution in [2.24, 2.45) is 7.05 Å². The summed E-state index contributed by atoms with van der Waals surface area (Å²) in [5.74, 6) is 0.904. The van der Waals surface area contributed by atoms with Gasteiger partial charge < -0.3 is 10.1 Å². The molecular weight excluding hydrogens is 226 g/mol. The molecule has 2 rings (SSSR count). The number of rotatable bonds is 6. The third kappa shape index (κ3) is 3.34. The summed E-state index contributed by atoms with van der Waals surface area (Å²) in [6.07, 6.45) is 2.82. The average molecular weight is 245 g/mol. The molecule has 4 nitrogen and oxygen atoms in total. The van der Waals surface area contributed by atoms with Gasteiger partial charge in [0.05, 0.1) is 7.11 Å². The average Bonchev–Trinajstić information content (AvgIpc) is 2.81. The van der Waals surface area contributed by atoms with Crippen LogP contribution in [-0.4, -0.2) is 23.4 Å². The number of ether oxygens (including phenoxy) is 1. The molecule has 0 fully saturated rings. The zero-order chi connectivity index (χ0) is 12.8. The molecule has 0 radical (unpaired) electrons. The van der Waals surface area contributed by atoms with E-state index in [1.54, 1.807) is 7.11 Å². The van der Waals surface area contributed by atoms with Gasteiger partial charge in [0.15, 0.2) is 0 Å². The van der Waals surface area contributed by atoms with Gasteiger partial charge in [-0.3, -0.25) is 4.68 Å². The molecule has 1 N–H and O–H groups in total. The lowest BCUT2D eigenvalue weighted by Crippen LogP contribution is -2.17. The van der Waals surface area contributed by atoms with Crippen molar-refractivity contribution < 1.29 is 4.74 Å². The first-order valence-electron chi connectivity index (χ1n) is 6.10. The minimum absolute atomic E-state index is 0.856. The third-order valence-corrected chi connectivity index (χ3v) is 2.94. The summed E-state index contributed by atoms with van der Waals surface area (Å²) in [4.78, 5) is 0. The van der Waals surface area contributed by atoms with E-state index in [4.69, 9.17) is 4.74 Å². The van der Waals surface area contributed by atoms with Gasteiger partial charge in [0.2, 0.25) is 0 Å². The molecule has 0 aliphatic heterocycles. The number of hydrogen-bond acceptors (Lipinski definition) is 3. The minimum Gasteiger partial charge on any atom is -0.497 e. The van der Waals surface area contributed by atoms with Crippen molar-refractivity contribution in [1.82, 2.24) is 15.1 Å². The van der Waals surface area contributed by atoms with E-state index in [1.807, 2.05) is 36.1 Å². The highest BCUT2D eigenvalue weighted by molar-refractivity contribution is 5.28. The lowest BCUT2D eigenvalue weighted by molar-refractivity contribution is 0.414. The van der Waals surface area contributed by atoms with E-state index in [-0.39, 0.29) is 0 Å². The monoisotopic (exact) mass is 245 g/mol. The maximum absolute atomic E-state index is 5.20. The van der Waals surface area contributed by atoms with Crippen LogP contribution in [-0.2, 0) is 20.0 Å². The number of methoxy groups -OCH3 is 1. The van der Waals surface area contributed by atoms with Gasteiger partial charge in [0.1, 0.15) is 5.75 Å². The molecule has 1 aromatic carbocycles. The molecule has 2 aromatic rings. The summed E-state index contributed by atoms with van der Waals surface area (Å²) < 4.78 is 7.11. The predicted molar refractivity (Wildman–Crippen MR) is 71.6 cm³/mol. The van der Waals surface area contributed by atoms with E-state index in [9.17, 15) is 0 Å². The Kier molecular flexibility index (Phi) is 4.36. The lowest BCUT2D eigenvalue weighted by Gasteiger charge is -2.07. The molecule has 0 aliphatic carbocycles. The number of aryl methyl sites for hydroxylation is 1. The van der Waals surface area contributed by atoms with Gasteiger partial charge in [0.25, 0.3) is 0 Å². The molecule has 0 saturated carbocycles. The lowest BCUT2D eigenvalue weighted by atomic mass is 10.2. The summed E-state index contributed by atoms with van der Waals surface area (Å²) in [5.41, 5.74) is 2.48. The number of aromatic nitrogens is 2. The van der Waals surface area contributed by atoms with E-state index in [2.05, 4.69) is 22.5 Å². The number of nitrogens with zero attached hydrogens (tertiary/aromatic N) is 2. The van der Waals surface area contributed by atoms with Gasteiger partial charge in [-0.05, 0) is 23.8 Å². The van der Waals surface area contributed by atoms with Crippen LogP contribution in [0.2, 0.25) is 0 Å². The van der Waals surface area contributed by atoms with Crippen LogP contribution in [0.1, 0.15) is 11.3 Å². The second-order valence-corrected chi connectivity index (χ2v) is 4.22. The van der Waals surface area contributed by atoms with E-state index in [0.717, 1.165) is 25.3 Å². The Hall–Kier alpha value is -1.81. The van der Waals surface area contributed by atoms with Crippen molar-refractivity contribution in [1.29, 1.82) is 0 Å². The SMILES string of the molecule is COc1cccc(CNCCc2ccnn2C)c1. The van der Waals surface area contributed by atoms with Gasteiger partial charge in [-0.2, -0.15) is 5.10 Å². The zero-order valence-electron chi connectivity index (χ0n) is 10.9. The molecule has 0 aliphatic rings. The molecule has 4 heteroatoms. The Morgan fingerprint density at radius 1 is 1.33 bits per heavy atom. The molecule has 0 saturated heterocycles. The molecule has 18 heavy (non-hydrogen) atoms. The summed E-state index contributed by atoms with van der Waals surface area (Å²) in [5, 5.41) is 7.57. The highest BCUT2D eigenvalue weighted by Crippen LogP contribution is 2.12. The highest BCUT2D eigenvalue weighted by atomic mass is 16.5. The normalized spacial score (nSPS) is 10.6. The highest BCUT2D eigenvalue weighted by Gasteiger charge is 1.99. The maximum Gasteiger partial charge on any atom is 0.119 e. The van der Waals surface area contributed by atoms with Crippen molar-refractivity contribution in [2.45, 2.75) is 13.0 Å². The van der Waals surface area contributed by atoms with Crippen LogP contribution >= 0.6 is 0 Å². The summed E-state index contributed by atoms with van der Waals surface area (Å²) in [7, 11) is 3.66. The first-order chi connectivity index (χ1) is 8.79. The molecule has 0 amide bonds. The molecule has 1 aromatic heterocycles. The summed E-state index contributed by atoms with van der Waals surface area (Å²) in [6.45, 7) is 1.80. The zero-order valence-corrected chi connectivity index (χ0v) is 10.9. The standard InChI is InChI=1S/C14H19N3O/c1-17-13(7-9-16-17)6-8-15-11-12-4-3-5-14(10-12)18-2/h3-5,7,9-10,15H,6,8,11H2,1-2H3. The first kappa shape index (κ1) is 12.6. The van der Waals surface area contributed by atoms with Crippen LogP contribution in [0.3, 0.4) is 0 Å². The van der Waals surface area contributed by atoms with Crippen LogP contribution < -0.4 is 10.1 Å². The second kappa shape index (κ2) is 6.21. The Balaban J connectivity index is 1.76. The van der Waals surface area contributed by atoms with Crippen molar-refractivity contribution in [3.8, 4) is 5.75 Å². The van der Waals surface area contributed by atoms with Crippen LogP contribution in [0, 0.1) is 0 Å². The number of benzene rings is 1. The fourth-order valence-electron chi connectivity index (χ4n) is 1.88. The van der Waals surface area contributed by atoms with Crippen LogP contribution in [0.4, 0.5) is 0 Å². The van der Waals surface area contributed by atoms with E-state index in [0.29, 0.717) is 0 Å². The fourth-order valence-corrected chi connectivity index (χ4v) is 1.88. The van der Waals surface area contributed by atoms with Gasteiger partial charge in [0, 0.05) is 38.4 Å². The second-order valence-electron chi connectivity index (χ2n) is 4.22. The minimum atomic E-state index is 0.856. The van der Waals surface area contributed by atoms with E-state index in [1.165, 1.54) is 11.3 Å². The Morgan fingerprint density at radius 2 is 2.22 bits per heavy atom. The largest absolute Gasteiger partial charge is 0.497 e. The van der Waals surface area contributed by atoms with Gasteiger partial charge in [-0.15, -0.1) is 0 Å². The maximum atomic E-state index is 5.20. The molecule has 0 bridgehead atoms. The molecule has 96 valence electrons. The molecule has 1 heterocycles. The Labute approximate surface area is 108 Å². The third-order valence-electron chi connectivity index (χ3n) is 2.94. The van der Waals surface area contributed by atoms with Crippen molar-refractivity contribution >= 4 is 0 Å². The molecular formula is C14H19N3O. The van der Waals surface area contributed by atoms with Crippen molar-refractivity contribution in [2.75, 3.05) is 13.7 Å². The smallest absolute Gasteiger partial charge is 0.119 e. The molecule has 0 unspecified atom stereocenters. The molecule has 0 atom stereocenters. The predicted octanol–water partition coefficient (Wildman–Crippen LogP) is 1.76. The summed E-state index contributed by atoms with van der Waals surface area (Å²) >= 11 is 0. The van der Waals surface area contributed by atoms with Crippen LogP contribution in [0.5, 0.6) is 5.75 Å². The Bertz CT molecular complexity index is 493.